The third kappa shape index (κ3) is 1.84. The van der Waals surface area contributed by atoms with Crippen LogP contribution >= 0.6 is 0 Å². The predicted octanol–water partition coefficient (Wildman–Crippen LogP) is 1.47. The molecule has 0 amide bonds. The fraction of sp³-hybridized carbons (Fsp3) is 0.667. The van der Waals surface area contributed by atoms with Crippen molar-refractivity contribution in [3.8, 4) is 0 Å². The normalized spacial score (nSPS) is 40.2. The van der Waals surface area contributed by atoms with Crippen LogP contribution in [0.3, 0.4) is 0 Å². The van der Waals surface area contributed by atoms with Crippen LogP contribution in [0.2, 0.25) is 0 Å². The molecule has 1 fully saturated rings. The summed E-state index contributed by atoms with van der Waals surface area (Å²) in [5, 5.41) is 0. The highest BCUT2D eigenvalue weighted by atomic mass is 16.5. The molecule has 0 aromatic carbocycles. The Hall–Kier alpha value is -1.32. The summed E-state index contributed by atoms with van der Waals surface area (Å²) in [6.07, 6.45) is -0.941. The molecule has 88 valence electrons. The zero-order valence-electron chi connectivity index (χ0n) is 15.3. The highest BCUT2D eigenvalue weighted by molar-refractivity contribution is 5.74. The summed E-state index contributed by atoms with van der Waals surface area (Å²) in [7, 11) is 1.67. The minimum absolute atomic E-state index is 0.0396. The molecule has 1 aliphatic rings. The molecule has 4 heteroatoms. The van der Waals surface area contributed by atoms with Gasteiger partial charge in [-0.05, 0) is 19.8 Å². The molecule has 2 rings (SSSR count). The molecule has 0 N–H and O–H groups in total. The molecule has 1 saturated heterocycles. The Balaban J connectivity index is 2.40. The molecule has 2 atom stereocenters. The maximum atomic E-state index is 11.9. The summed E-state index contributed by atoms with van der Waals surface area (Å²) in [5.41, 5.74) is 0.382. The van der Waals surface area contributed by atoms with Gasteiger partial charge in [0.15, 0.2) is 0 Å². The van der Waals surface area contributed by atoms with E-state index in [4.69, 9.17) is 13.0 Å². The Bertz CT molecular complexity index is 613. The number of carbonyl (C=O) groups excluding carboxylic acids is 1. The lowest BCUT2D eigenvalue weighted by Gasteiger charge is -2.13. The van der Waals surface area contributed by atoms with Gasteiger partial charge in [-0.1, -0.05) is 6.85 Å². The third-order valence-corrected chi connectivity index (χ3v) is 2.85. The van der Waals surface area contributed by atoms with E-state index in [2.05, 4.69) is 4.98 Å². The van der Waals surface area contributed by atoms with E-state index in [1.807, 2.05) is 0 Å². The van der Waals surface area contributed by atoms with Crippen molar-refractivity contribution in [1.29, 1.82) is 0 Å². The van der Waals surface area contributed by atoms with Gasteiger partial charge in [-0.2, -0.15) is 0 Å². The number of imidazole rings is 1. The highest BCUT2D eigenvalue weighted by Gasteiger charge is 2.35. The highest BCUT2D eigenvalue weighted by Crippen LogP contribution is 2.28. The molecule has 0 saturated carbocycles. The molecule has 0 unspecified atom stereocenters. The average Bonchev–Trinajstić information content (AvgIpc) is 2.71. The maximum absolute atomic E-state index is 11.9. The number of cyclic esters (lactones) is 1. The molecule has 0 radical (unpaired) electrons. The van der Waals surface area contributed by atoms with Crippen LogP contribution in [0.4, 0.5) is 0 Å². The van der Waals surface area contributed by atoms with Gasteiger partial charge < -0.3 is 9.30 Å². The average molecular weight is 228 g/mol. The van der Waals surface area contributed by atoms with Gasteiger partial charge in [-0.3, -0.25) is 4.79 Å². The number of aromatic nitrogens is 2. The van der Waals surface area contributed by atoms with E-state index < -0.39 is 31.0 Å². The summed E-state index contributed by atoms with van der Waals surface area (Å²) >= 11 is 0. The van der Waals surface area contributed by atoms with E-state index in [0.717, 1.165) is 0 Å². The van der Waals surface area contributed by atoms with Crippen molar-refractivity contribution < 1.29 is 17.8 Å². The van der Waals surface area contributed by atoms with E-state index in [0.29, 0.717) is 11.5 Å². The van der Waals surface area contributed by atoms with Crippen LogP contribution in [-0.2, 0) is 23.0 Å². The quantitative estimate of drug-likeness (QED) is 0.736. The molecule has 0 aliphatic carbocycles. The van der Waals surface area contributed by atoms with Crippen molar-refractivity contribution in [2.24, 2.45) is 18.8 Å². The molecule has 1 aliphatic heterocycles. The minimum atomic E-state index is -2.52. The van der Waals surface area contributed by atoms with Crippen molar-refractivity contribution in [1.82, 2.24) is 9.55 Å². The molecule has 0 bridgehead atoms. The first-order valence-electron chi connectivity index (χ1n) is 8.06. The summed E-state index contributed by atoms with van der Waals surface area (Å²) < 4.78 is 53.0. The maximum Gasteiger partial charge on any atom is 0.309 e. The number of esters is 1. The van der Waals surface area contributed by atoms with Crippen LogP contribution in [0, 0.1) is 18.7 Å². The van der Waals surface area contributed by atoms with Gasteiger partial charge in [-0.15, -0.1) is 0 Å². The van der Waals surface area contributed by atoms with Gasteiger partial charge in [0.1, 0.15) is 5.82 Å². The van der Waals surface area contributed by atoms with Crippen molar-refractivity contribution in [3.05, 3.63) is 17.7 Å². The first-order chi connectivity index (χ1) is 9.90. The topological polar surface area (TPSA) is 44.1 Å². The van der Waals surface area contributed by atoms with Crippen LogP contribution in [0.25, 0.3) is 0 Å². The van der Waals surface area contributed by atoms with Crippen LogP contribution < -0.4 is 0 Å². The van der Waals surface area contributed by atoms with E-state index >= 15 is 0 Å². The monoisotopic (exact) mass is 228 g/mol. The number of nitrogens with zero attached hydrogens (tertiary/aromatic N) is 2. The Morgan fingerprint density at radius 1 is 1.88 bits per heavy atom. The van der Waals surface area contributed by atoms with Crippen LogP contribution in [0.15, 0.2) is 6.17 Å². The predicted molar refractivity (Wildman–Crippen MR) is 59.9 cm³/mol. The molecular weight excluding hydrogens is 204 g/mol. The van der Waals surface area contributed by atoms with E-state index in [1.165, 1.54) is 0 Å². The van der Waals surface area contributed by atoms with E-state index in [1.54, 1.807) is 18.5 Å². The zero-order chi connectivity index (χ0) is 16.9. The molecule has 4 nitrogen and oxygen atoms in total. The van der Waals surface area contributed by atoms with E-state index in [9.17, 15) is 4.79 Å². The Labute approximate surface area is 104 Å². The summed E-state index contributed by atoms with van der Waals surface area (Å²) in [6.45, 7) is -1.19. The summed E-state index contributed by atoms with van der Waals surface area (Å²) in [4.78, 5) is 15.9. The zero-order valence-corrected chi connectivity index (χ0v) is 9.33. The lowest BCUT2D eigenvalue weighted by Crippen LogP contribution is -2.18. The molecule has 0 spiro atoms. The number of carbonyl (C=O) groups is 1. The van der Waals surface area contributed by atoms with Gasteiger partial charge in [0.25, 0.3) is 0 Å². The first-order valence-corrected chi connectivity index (χ1v) is 5.06. The smallest absolute Gasteiger partial charge is 0.309 e. The fourth-order valence-electron chi connectivity index (χ4n) is 1.68. The van der Waals surface area contributed by atoms with Crippen LogP contribution in [0.5, 0.6) is 0 Å². The molecule has 2 heterocycles. The van der Waals surface area contributed by atoms with Crippen molar-refractivity contribution in [2.45, 2.75) is 26.6 Å². The van der Waals surface area contributed by atoms with Gasteiger partial charge in [-0.25, -0.2) is 4.98 Å². The lowest BCUT2D eigenvalue weighted by atomic mass is 9.89. The van der Waals surface area contributed by atoms with E-state index in [-0.39, 0.29) is 19.2 Å². The Morgan fingerprint density at radius 2 is 2.69 bits per heavy atom. The lowest BCUT2D eigenvalue weighted by molar-refractivity contribution is -0.141. The number of hydrogen-bond acceptors (Lipinski definition) is 3. The van der Waals surface area contributed by atoms with Crippen molar-refractivity contribution in [2.75, 3.05) is 6.61 Å². The second-order valence-corrected chi connectivity index (χ2v) is 3.79. The number of hydrogen-bond donors (Lipinski definition) is 0. The number of aryl methyl sites for hydroxylation is 1. The largest absolute Gasteiger partial charge is 0.465 e. The van der Waals surface area contributed by atoms with Crippen molar-refractivity contribution >= 4 is 5.97 Å². The van der Waals surface area contributed by atoms with Gasteiger partial charge in [0, 0.05) is 31.7 Å². The van der Waals surface area contributed by atoms with Crippen LogP contribution in [0.1, 0.15) is 33.0 Å². The summed E-state index contributed by atoms with van der Waals surface area (Å²) in [6, 6.07) is 0. The standard InChI is InChI=1S/C12H18N2O2/c1-4-11-9(7-16-12(11)15)5-10-6-13-8(2)14(10)3/h6,9,11H,4-5,7H2,1-3H3/t9-,11-/m0/s1/i1D3,6D,9D,11D. The SMILES string of the molecule is [2H]c1nc(C)n(C)c1C[C@@]1([2H])COC(=O)[C@@]1([2H])CC([2H])([2H])[2H]. The molecule has 16 heavy (non-hydrogen) atoms. The Kier molecular flexibility index (Phi) is 1.56. The minimum Gasteiger partial charge on any atom is -0.465 e. The van der Waals surface area contributed by atoms with Gasteiger partial charge in [0.2, 0.25) is 0 Å². The van der Waals surface area contributed by atoms with Gasteiger partial charge >= 0.3 is 5.97 Å². The second-order valence-electron chi connectivity index (χ2n) is 3.79. The number of rotatable bonds is 3. The van der Waals surface area contributed by atoms with Crippen LogP contribution in [-0.4, -0.2) is 22.1 Å². The summed E-state index contributed by atoms with van der Waals surface area (Å²) in [5.74, 6) is -4.39. The molecular formula is C12H18N2O2. The number of ether oxygens (including phenoxy) is 1. The third-order valence-electron chi connectivity index (χ3n) is 2.85. The molecule has 1 aromatic heterocycles. The fourth-order valence-corrected chi connectivity index (χ4v) is 1.68. The first kappa shape index (κ1) is 5.84. The Morgan fingerprint density at radius 3 is 3.31 bits per heavy atom. The van der Waals surface area contributed by atoms with Crippen molar-refractivity contribution in [3.63, 3.8) is 0 Å². The second kappa shape index (κ2) is 4.28. The van der Waals surface area contributed by atoms with Gasteiger partial charge in [0.05, 0.1) is 13.9 Å². The molecule has 1 aromatic rings.